The van der Waals surface area contributed by atoms with E-state index >= 15 is 0 Å². The zero-order chi connectivity index (χ0) is 14.6. The van der Waals surface area contributed by atoms with Gasteiger partial charge in [0.15, 0.2) is 0 Å². The maximum atomic E-state index is 11.1. The van der Waals surface area contributed by atoms with Crippen LogP contribution in [-0.2, 0) is 16.8 Å². The summed E-state index contributed by atoms with van der Waals surface area (Å²) in [6, 6.07) is 16.0. The highest BCUT2D eigenvalue weighted by Gasteiger charge is 2.20. The Morgan fingerprint density at radius 3 is 2.40 bits per heavy atom. The van der Waals surface area contributed by atoms with Crippen molar-refractivity contribution in [3.05, 3.63) is 65.2 Å². The van der Waals surface area contributed by atoms with Crippen LogP contribution in [0.2, 0.25) is 0 Å². The van der Waals surface area contributed by atoms with Crippen molar-refractivity contribution in [3.63, 3.8) is 0 Å². The molecule has 0 aliphatic heterocycles. The summed E-state index contributed by atoms with van der Waals surface area (Å²) in [7, 11) is 0. The SMILES string of the molecule is Cc1cc(C(C)(C)C=O)ccc1OCc1ccccc1. The Morgan fingerprint density at radius 1 is 1.10 bits per heavy atom. The molecule has 0 N–H and O–H groups in total. The molecule has 0 bridgehead atoms. The lowest BCUT2D eigenvalue weighted by molar-refractivity contribution is -0.111. The van der Waals surface area contributed by atoms with E-state index in [1.165, 1.54) is 0 Å². The monoisotopic (exact) mass is 268 g/mol. The average molecular weight is 268 g/mol. The highest BCUT2D eigenvalue weighted by molar-refractivity contribution is 5.67. The number of aldehydes is 1. The van der Waals surface area contributed by atoms with Crippen LogP contribution in [0, 0.1) is 6.92 Å². The van der Waals surface area contributed by atoms with Crippen LogP contribution >= 0.6 is 0 Å². The summed E-state index contributed by atoms with van der Waals surface area (Å²) in [6.45, 7) is 6.39. The van der Waals surface area contributed by atoms with E-state index in [0.717, 1.165) is 28.7 Å². The maximum absolute atomic E-state index is 11.1. The zero-order valence-electron chi connectivity index (χ0n) is 12.2. The second kappa shape index (κ2) is 5.91. The number of aryl methyl sites for hydroxylation is 1. The first-order chi connectivity index (χ1) is 9.53. The highest BCUT2D eigenvalue weighted by atomic mass is 16.5. The van der Waals surface area contributed by atoms with Crippen molar-refractivity contribution in [3.8, 4) is 5.75 Å². The van der Waals surface area contributed by atoms with Gasteiger partial charge in [0, 0.05) is 5.41 Å². The van der Waals surface area contributed by atoms with Gasteiger partial charge in [0.1, 0.15) is 18.6 Å². The second-order valence-corrected chi connectivity index (χ2v) is 5.59. The molecule has 0 aliphatic rings. The first kappa shape index (κ1) is 14.3. The summed E-state index contributed by atoms with van der Waals surface area (Å²) in [5.41, 5.74) is 2.75. The summed E-state index contributed by atoms with van der Waals surface area (Å²) in [6.07, 6.45) is 0.978. The molecule has 0 amide bonds. The maximum Gasteiger partial charge on any atom is 0.129 e. The molecule has 104 valence electrons. The van der Waals surface area contributed by atoms with Crippen LogP contribution in [0.5, 0.6) is 5.75 Å². The van der Waals surface area contributed by atoms with E-state index in [1.807, 2.05) is 69.3 Å². The summed E-state index contributed by atoms with van der Waals surface area (Å²) in [4.78, 5) is 11.1. The Morgan fingerprint density at radius 2 is 1.80 bits per heavy atom. The molecule has 0 atom stereocenters. The van der Waals surface area contributed by atoms with Gasteiger partial charge in [-0.1, -0.05) is 42.5 Å². The fourth-order valence-corrected chi connectivity index (χ4v) is 2.02. The van der Waals surface area contributed by atoms with Crippen molar-refractivity contribution in [1.29, 1.82) is 0 Å². The van der Waals surface area contributed by atoms with Crippen molar-refractivity contribution in [1.82, 2.24) is 0 Å². The number of rotatable bonds is 5. The van der Waals surface area contributed by atoms with Crippen molar-refractivity contribution in [2.45, 2.75) is 32.8 Å². The number of benzene rings is 2. The Kier molecular flexibility index (Phi) is 4.23. The second-order valence-electron chi connectivity index (χ2n) is 5.59. The molecular formula is C18H20O2. The van der Waals surface area contributed by atoms with Crippen LogP contribution in [0.1, 0.15) is 30.5 Å². The van der Waals surface area contributed by atoms with Crippen LogP contribution in [0.25, 0.3) is 0 Å². The first-order valence-electron chi connectivity index (χ1n) is 6.77. The minimum absolute atomic E-state index is 0.456. The largest absolute Gasteiger partial charge is 0.489 e. The number of carbonyl (C=O) groups is 1. The van der Waals surface area contributed by atoms with Crippen LogP contribution in [-0.4, -0.2) is 6.29 Å². The lowest BCUT2D eigenvalue weighted by Gasteiger charge is -2.19. The van der Waals surface area contributed by atoms with Gasteiger partial charge in [0.25, 0.3) is 0 Å². The lowest BCUT2D eigenvalue weighted by Crippen LogP contribution is -2.18. The molecule has 2 aromatic carbocycles. The third kappa shape index (κ3) is 3.27. The van der Waals surface area contributed by atoms with Crippen molar-refractivity contribution in [2.24, 2.45) is 0 Å². The molecule has 2 heteroatoms. The molecule has 2 rings (SSSR count). The Labute approximate surface area is 120 Å². The Hall–Kier alpha value is -2.09. The van der Waals surface area contributed by atoms with Crippen LogP contribution < -0.4 is 4.74 Å². The van der Waals surface area contributed by atoms with Gasteiger partial charge in [-0.15, -0.1) is 0 Å². The first-order valence-corrected chi connectivity index (χ1v) is 6.77. The van der Waals surface area contributed by atoms with Crippen LogP contribution in [0.15, 0.2) is 48.5 Å². The number of ether oxygens (including phenoxy) is 1. The molecule has 0 aromatic heterocycles. The Balaban J connectivity index is 2.12. The molecule has 0 heterocycles. The molecular weight excluding hydrogens is 248 g/mol. The average Bonchev–Trinajstić information content (AvgIpc) is 2.47. The Bertz CT molecular complexity index is 586. The van der Waals surface area contributed by atoms with Gasteiger partial charge in [0.05, 0.1) is 0 Å². The van der Waals surface area contributed by atoms with Gasteiger partial charge in [-0.05, 0) is 43.5 Å². The minimum Gasteiger partial charge on any atom is -0.489 e. The topological polar surface area (TPSA) is 26.3 Å². The minimum atomic E-state index is -0.456. The van der Waals surface area contributed by atoms with Crippen molar-refractivity contribution < 1.29 is 9.53 Å². The fraction of sp³-hybridized carbons (Fsp3) is 0.278. The number of hydrogen-bond donors (Lipinski definition) is 0. The molecule has 20 heavy (non-hydrogen) atoms. The van der Waals surface area contributed by atoms with E-state index in [-0.39, 0.29) is 0 Å². The smallest absolute Gasteiger partial charge is 0.129 e. The fourth-order valence-electron chi connectivity index (χ4n) is 2.02. The molecule has 0 spiro atoms. The predicted octanol–water partition coefficient (Wildman–Crippen LogP) is 4.05. The summed E-state index contributed by atoms with van der Waals surface area (Å²) >= 11 is 0. The molecule has 0 fully saturated rings. The van der Waals surface area contributed by atoms with Crippen LogP contribution in [0.4, 0.5) is 0 Å². The number of hydrogen-bond acceptors (Lipinski definition) is 2. The molecule has 2 aromatic rings. The van der Waals surface area contributed by atoms with Gasteiger partial charge >= 0.3 is 0 Å². The summed E-state index contributed by atoms with van der Waals surface area (Å²) in [5.74, 6) is 0.860. The third-order valence-corrected chi connectivity index (χ3v) is 3.45. The molecule has 0 unspecified atom stereocenters. The molecule has 0 saturated carbocycles. The third-order valence-electron chi connectivity index (χ3n) is 3.45. The standard InChI is InChI=1S/C18H20O2/c1-14-11-16(18(2,3)13-19)9-10-17(14)20-12-15-7-5-4-6-8-15/h4-11,13H,12H2,1-3H3. The van der Waals surface area contributed by atoms with E-state index < -0.39 is 5.41 Å². The van der Waals surface area contributed by atoms with E-state index in [2.05, 4.69) is 0 Å². The van der Waals surface area contributed by atoms with E-state index in [1.54, 1.807) is 0 Å². The van der Waals surface area contributed by atoms with E-state index in [4.69, 9.17) is 4.74 Å². The quantitative estimate of drug-likeness (QED) is 0.765. The molecule has 0 saturated heterocycles. The zero-order valence-corrected chi connectivity index (χ0v) is 12.2. The van der Waals surface area contributed by atoms with Gasteiger partial charge in [-0.25, -0.2) is 0 Å². The molecule has 0 radical (unpaired) electrons. The molecule has 0 aliphatic carbocycles. The van der Waals surface area contributed by atoms with E-state index in [0.29, 0.717) is 6.61 Å². The van der Waals surface area contributed by atoms with Crippen molar-refractivity contribution in [2.75, 3.05) is 0 Å². The summed E-state index contributed by atoms with van der Waals surface area (Å²) < 4.78 is 5.84. The summed E-state index contributed by atoms with van der Waals surface area (Å²) in [5, 5.41) is 0. The normalized spacial score (nSPS) is 11.2. The highest BCUT2D eigenvalue weighted by Crippen LogP contribution is 2.27. The van der Waals surface area contributed by atoms with Crippen LogP contribution in [0.3, 0.4) is 0 Å². The van der Waals surface area contributed by atoms with Gasteiger partial charge in [0.2, 0.25) is 0 Å². The number of carbonyl (C=O) groups excluding carboxylic acids is 1. The van der Waals surface area contributed by atoms with Gasteiger partial charge < -0.3 is 9.53 Å². The molecule has 2 nitrogen and oxygen atoms in total. The van der Waals surface area contributed by atoms with E-state index in [9.17, 15) is 4.79 Å². The van der Waals surface area contributed by atoms with Crippen molar-refractivity contribution >= 4 is 6.29 Å². The van der Waals surface area contributed by atoms with Gasteiger partial charge in [-0.3, -0.25) is 0 Å². The van der Waals surface area contributed by atoms with Gasteiger partial charge in [-0.2, -0.15) is 0 Å². The lowest BCUT2D eigenvalue weighted by atomic mass is 9.85. The predicted molar refractivity (Wildman–Crippen MR) is 81.0 cm³/mol.